The first kappa shape index (κ1) is 17.5. The average molecular weight is 327 g/mol. The lowest BCUT2D eigenvalue weighted by molar-refractivity contribution is -0.144. The molecule has 0 heterocycles. The van der Waals surface area contributed by atoms with Crippen LogP contribution in [0, 0.1) is 0 Å². The maximum absolute atomic E-state index is 12.2. The zero-order valence-corrected chi connectivity index (χ0v) is 14.1. The SMILES string of the molecule is CCOC(=O)C(N=Cc1ccc(OC)cc1)c1ccc(OC)cc1. The van der Waals surface area contributed by atoms with Crippen LogP contribution < -0.4 is 9.47 Å². The van der Waals surface area contributed by atoms with Gasteiger partial charge in [0, 0.05) is 6.21 Å². The number of rotatable bonds is 7. The molecule has 0 fully saturated rings. The average Bonchev–Trinajstić information content (AvgIpc) is 2.63. The number of benzene rings is 2. The molecule has 2 rings (SSSR count). The standard InChI is InChI=1S/C19H21NO4/c1-4-24-19(21)18(15-7-11-17(23-3)12-8-15)20-13-14-5-9-16(22-2)10-6-14/h5-13,18H,4H2,1-3H3. The van der Waals surface area contributed by atoms with Gasteiger partial charge < -0.3 is 14.2 Å². The van der Waals surface area contributed by atoms with Crippen molar-refractivity contribution in [2.24, 2.45) is 4.99 Å². The molecule has 0 spiro atoms. The number of ether oxygens (including phenoxy) is 3. The first-order chi connectivity index (χ1) is 11.7. The fourth-order valence-electron chi connectivity index (χ4n) is 2.14. The lowest BCUT2D eigenvalue weighted by Crippen LogP contribution is -2.14. The van der Waals surface area contributed by atoms with Crippen LogP contribution in [-0.2, 0) is 9.53 Å². The van der Waals surface area contributed by atoms with Crippen LogP contribution in [0.3, 0.4) is 0 Å². The van der Waals surface area contributed by atoms with Crippen molar-refractivity contribution in [1.82, 2.24) is 0 Å². The van der Waals surface area contributed by atoms with Gasteiger partial charge in [0.05, 0.1) is 20.8 Å². The molecule has 0 N–H and O–H groups in total. The van der Waals surface area contributed by atoms with Gasteiger partial charge in [0.1, 0.15) is 11.5 Å². The largest absolute Gasteiger partial charge is 0.497 e. The van der Waals surface area contributed by atoms with Gasteiger partial charge in [0.15, 0.2) is 6.04 Å². The Morgan fingerprint density at radius 2 is 1.54 bits per heavy atom. The van der Waals surface area contributed by atoms with Gasteiger partial charge in [-0.05, 0) is 54.4 Å². The van der Waals surface area contributed by atoms with Crippen LogP contribution in [0.25, 0.3) is 0 Å². The third-order valence-electron chi connectivity index (χ3n) is 3.43. The lowest BCUT2D eigenvalue weighted by atomic mass is 10.1. The number of carbonyl (C=O) groups excluding carboxylic acids is 1. The van der Waals surface area contributed by atoms with Gasteiger partial charge in [-0.2, -0.15) is 0 Å². The fourth-order valence-corrected chi connectivity index (χ4v) is 2.14. The summed E-state index contributed by atoms with van der Waals surface area (Å²) in [6, 6.07) is 13.9. The summed E-state index contributed by atoms with van der Waals surface area (Å²) in [4.78, 5) is 16.6. The molecule has 1 atom stereocenters. The molecule has 0 saturated carbocycles. The number of aliphatic imine (C=N–C) groups is 1. The Hall–Kier alpha value is -2.82. The molecule has 0 aliphatic carbocycles. The number of hydrogen-bond donors (Lipinski definition) is 0. The Morgan fingerprint density at radius 1 is 1.00 bits per heavy atom. The quantitative estimate of drug-likeness (QED) is 0.577. The minimum absolute atomic E-state index is 0.309. The molecule has 0 amide bonds. The molecule has 2 aromatic carbocycles. The molecule has 0 aliphatic rings. The van der Waals surface area contributed by atoms with Crippen molar-refractivity contribution in [3.05, 3.63) is 59.7 Å². The van der Waals surface area contributed by atoms with Crippen molar-refractivity contribution in [2.75, 3.05) is 20.8 Å². The van der Waals surface area contributed by atoms with Gasteiger partial charge in [-0.25, -0.2) is 4.79 Å². The molecule has 0 bridgehead atoms. The molecule has 0 radical (unpaired) electrons. The summed E-state index contributed by atoms with van der Waals surface area (Å²) < 4.78 is 15.4. The topological polar surface area (TPSA) is 57.1 Å². The van der Waals surface area contributed by atoms with E-state index in [1.165, 1.54) is 0 Å². The van der Waals surface area contributed by atoms with Gasteiger partial charge in [0.2, 0.25) is 0 Å². The van der Waals surface area contributed by atoms with Crippen LogP contribution in [-0.4, -0.2) is 33.0 Å². The van der Waals surface area contributed by atoms with Crippen LogP contribution >= 0.6 is 0 Å². The highest BCUT2D eigenvalue weighted by atomic mass is 16.5. The van der Waals surface area contributed by atoms with Gasteiger partial charge in [-0.1, -0.05) is 12.1 Å². The molecule has 0 aliphatic heterocycles. The Balaban J connectivity index is 2.24. The van der Waals surface area contributed by atoms with Crippen molar-refractivity contribution < 1.29 is 19.0 Å². The number of methoxy groups -OCH3 is 2. The van der Waals surface area contributed by atoms with E-state index in [0.717, 1.165) is 22.6 Å². The molecule has 1 unspecified atom stereocenters. The first-order valence-electron chi connectivity index (χ1n) is 7.65. The van der Waals surface area contributed by atoms with Crippen molar-refractivity contribution in [3.63, 3.8) is 0 Å². The maximum atomic E-state index is 12.2. The summed E-state index contributed by atoms with van der Waals surface area (Å²) in [7, 11) is 3.21. The predicted octanol–water partition coefficient (Wildman–Crippen LogP) is 3.43. The van der Waals surface area contributed by atoms with Crippen molar-refractivity contribution in [1.29, 1.82) is 0 Å². The van der Waals surface area contributed by atoms with Crippen molar-refractivity contribution in [3.8, 4) is 11.5 Å². The fraction of sp³-hybridized carbons (Fsp3) is 0.263. The summed E-state index contributed by atoms with van der Waals surface area (Å²) >= 11 is 0. The normalized spacial score (nSPS) is 12.0. The molecule has 0 aromatic heterocycles. The molecule has 24 heavy (non-hydrogen) atoms. The third kappa shape index (κ3) is 4.59. The molecule has 2 aromatic rings. The summed E-state index contributed by atoms with van der Waals surface area (Å²) in [6.07, 6.45) is 1.66. The van der Waals surface area contributed by atoms with Gasteiger partial charge in [-0.15, -0.1) is 0 Å². The van der Waals surface area contributed by atoms with E-state index in [-0.39, 0.29) is 5.97 Å². The lowest BCUT2D eigenvalue weighted by Gasteiger charge is -2.12. The summed E-state index contributed by atoms with van der Waals surface area (Å²) in [5.74, 6) is 1.11. The summed E-state index contributed by atoms with van der Waals surface area (Å²) in [6.45, 7) is 2.08. The van der Waals surface area contributed by atoms with Gasteiger partial charge in [0.25, 0.3) is 0 Å². The summed E-state index contributed by atoms with van der Waals surface area (Å²) in [5, 5.41) is 0. The van der Waals surface area contributed by atoms with E-state index in [1.807, 2.05) is 36.4 Å². The van der Waals surface area contributed by atoms with Crippen LogP contribution in [0.4, 0.5) is 0 Å². The molecular formula is C19H21NO4. The highest BCUT2D eigenvalue weighted by Gasteiger charge is 2.20. The Labute approximate surface area is 141 Å². The number of nitrogens with zero attached hydrogens (tertiary/aromatic N) is 1. The highest BCUT2D eigenvalue weighted by molar-refractivity contribution is 5.85. The molecule has 126 valence electrons. The second-order valence-corrected chi connectivity index (χ2v) is 4.98. The van der Waals surface area contributed by atoms with E-state index < -0.39 is 6.04 Å². The van der Waals surface area contributed by atoms with Crippen LogP contribution in [0.5, 0.6) is 11.5 Å². The van der Waals surface area contributed by atoms with Crippen LogP contribution in [0.2, 0.25) is 0 Å². The Kier molecular flexibility index (Phi) is 6.37. The number of hydrogen-bond acceptors (Lipinski definition) is 5. The number of carbonyl (C=O) groups is 1. The minimum Gasteiger partial charge on any atom is -0.497 e. The van der Waals surface area contributed by atoms with Crippen molar-refractivity contribution in [2.45, 2.75) is 13.0 Å². The maximum Gasteiger partial charge on any atom is 0.335 e. The zero-order chi connectivity index (χ0) is 17.4. The smallest absolute Gasteiger partial charge is 0.335 e. The monoisotopic (exact) mass is 327 g/mol. The Morgan fingerprint density at radius 3 is 2.04 bits per heavy atom. The Bertz CT molecular complexity index is 678. The zero-order valence-electron chi connectivity index (χ0n) is 14.1. The minimum atomic E-state index is -0.710. The van der Waals surface area contributed by atoms with E-state index in [0.29, 0.717) is 6.61 Å². The van der Waals surface area contributed by atoms with E-state index in [9.17, 15) is 4.79 Å². The molecule has 0 saturated heterocycles. The van der Waals surface area contributed by atoms with Crippen LogP contribution in [0.15, 0.2) is 53.5 Å². The number of esters is 1. The molecular weight excluding hydrogens is 306 g/mol. The molecule has 5 heteroatoms. The van der Waals surface area contributed by atoms with E-state index in [1.54, 1.807) is 39.5 Å². The second-order valence-electron chi connectivity index (χ2n) is 4.98. The van der Waals surface area contributed by atoms with Crippen molar-refractivity contribution >= 4 is 12.2 Å². The molecule has 5 nitrogen and oxygen atoms in total. The van der Waals surface area contributed by atoms with E-state index >= 15 is 0 Å². The highest BCUT2D eigenvalue weighted by Crippen LogP contribution is 2.22. The van der Waals surface area contributed by atoms with E-state index in [2.05, 4.69) is 4.99 Å². The second kappa shape index (κ2) is 8.72. The predicted molar refractivity (Wildman–Crippen MR) is 93.0 cm³/mol. The first-order valence-corrected chi connectivity index (χ1v) is 7.65. The third-order valence-corrected chi connectivity index (χ3v) is 3.43. The van der Waals surface area contributed by atoms with Gasteiger partial charge >= 0.3 is 5.97 Å². The summed E-state index contributed by atoms with van der Waals surface area (Å²) in [5.41, 5.74) is 1.62. The van der Waals surface area contributed by atoms with E-state index in [4.69, 9.17) is 14.2 Å². The van der Waals surface area contributed by atoms with Crippen LogP contribution in [0.1, 0.15) is 24.1 Å². The van der Waals surface area contributed by atoms with Gasteiger partial charge in [-0.3, -0.25) is 4.99 Å².